The summed E-state index contributed by atoms with van der Waals surface area (Å²) in [6, 6.07) is 0. The minimum atomic E-state index is -1.86. The van der Waals surface area contributed by atoms with E-state index in [9.17, 15) is 9.18 Å². The highest BCUT2D eigenvalue weighted by molar-refractivity contribution is 9.09. The van der Waals surface area contributed by atoms with Gasteiger partial charge >= 0.3 is 5.97 Å². The molecule has 4 atom stereocenters. The highest BCUT2D eigenvalue weighted by atomic mass is 79.9. The van der Waals surface area contributed by atoms with E-state index in [2.05, 4.69) is 15.9 Å². The zero-order valence-electron chi connectivity index (χ0n) is 7.80. The summed E-state index contributed by atoms with van der Waals surface area (Å²) in [5.41, 5.74) is -0.116. The Kier molecular flexibility index (Phi) is 1.65. The summed E-state index contributed by atoms with van der Waals surface area (Å²) in [7, 11) is 0. The molecule has 0 aromatic rings. The van der Waals surface area contributed by atoms with E-state index in [-0.39, 0.29) is 22.1 Å². The summed E-state index contributed by atoms with van der Waals surface area (Å²) < 4.78 is 18.4. The van der Waals surface area contributed by atoms with Gasteiger partial charge in [-0.25, -0.2) is 0 Å². The monoisotopic (exact) mass is 250 g/mol. The second kappa shape index (κ2) is 2.27. The van der Waals surface area contributed by atoms with Crippen LogP contribution >= 0.6 is 15.9 Å². The Balaban J connectivity index is 2.30. The zero-order chi connectivity index (χ0) is 10.0. The summed E-state index contributed by atoms with van der Waals surface area (Å²) in [5.74, 6) is -2.30. The van der Waals surface area contributed by atoms with Crippen LogP contribution in [0.3, 0.4) is 0 Å². The molecule has 2 aliphatic rings. The molecule has 0 spiro atoms. The predicted octanol–water partition coefficient (Wildman–Crippen LogP) is 2.26. The topological polar surface area (TPSA) is 26.3 Å². The van der Waals surface area contributed by atoms with Crippen LogP contribution in [0, 0.1) is 17.3 Å². The van der Waals surface area contributed by atoms with Gasteiger partial charge < -0.3 is 4.74 Å². The Labute approximate surface area is 85.0 Å². The Bertz CT molecular complexity index is 275. The van der Waals surface area contributed by atoms with Crippen LogP contribution in [0.2, 0.25) is 0 Å². The number of rotatable bonds is 0. The molecule has 13 heavy (non-hydrogen) atoms. The summed E-state index contributed by atoms with van der Waals surface area (Å²) >= 11 is 3.27. The van der Waals surface area contributed by atoms with E-state index in [0.717, 1.165) is 0 Å². The normalized spacial score (nSPS) is 52.4. The van der Waals surface area contributed by atoms with Gasteiger partial charge in [-0.2, -0.15) is 4.39 Å². The van der Waals surface area contributed by atoms with E-state index in [1.165, 1.54) is 6.92 Å². The van der Waals surface area contributed by atoms with Crippen LogP contribution < -0.4 is 0 Å². The molecule has 74 valence electrons. The molecule has 4 heteroatoms. The Morgan fingerprint density at radius 3 is 2.54 bits per heavy atom. The van der Waals surface area contributed by atoms with Crippen molar-refractivity contribution in [1.82, 2.24) is 0 Å². The Hall–Kier alpha value is -0.120. The van der Waals surface area contributed by atoms with Gasteiger partial charge in [0.2, 0.25) is 0 Å². The summed E-state index contributed by atoms with van der Waals surface area (Å²) in [4.78, 5) is 11.0. The summed E-state index contributed by atoms with van der Waals surface area (Å²) in [6.07, 6.45) is 0. The molecule has 1 saturated carbocycles. The highest BCUT2D eigenvalue weighted by Crippen LogP contribution is 2.66. The zero-order valence-corrected chi connectivity index (χ0v) is 9.39. The number of hydrogen-bond acceptors (Lipinski definition) is 2. The molecule has 2 rings (SSSR count). The van der Waals surface area contributed by atoms with Gasteiger partial charge in [0, 0.05) is 6.92 Å². The van der Waals surface area contributed by atoms with E-state index < -0.39 is 11.8 Å². The maximum atomic E-state index is 13.6. The standard InChI is InChI=1S/C9H12BrFO2/c1-8(2)4-5(8)7(12)13-9(3,11)6(4)10/h4-6H,1-3H3/t4-,5+,6+,9-/m1/s1. The molecular formula is C9H12BrFO2. The maximum absolute atomic E-state index is 13.6. The Morgan fingerprint density at radius 2 is 2.00 bits per heavy atom. The van der Waals surface area contributed by atoms with Gasteiger partial charge in [0.25, 0.3) is 5.85 Å². The van der Waals surface area contributed by atoms with Gasteiger partial charge in [0.1, 0.15) is 0 Å². The first kappa shape index (κ1) is 9.44. The third kappa shape index (κ3) is 1.07. The van der Waals surface area contributed by atoms with E-state index >= 15 is 0 Å². The SMILES string of the molecule is CC1(C)[C@@H]2[C@H]1C(=O)O[C@@](C)(F)[C@H]2Br. The smallest absolute Gasteiger partial charge is 0.312 e. The maximum Gasteiger partial charge on any atom is 0.312 e. The summed E-state index contributed by atoms with van der Waals surface area (Å²) in [6.45, 7) is 5.24. The minimum Gasteiger partial charge on any atom is -0.427 e. The molecule has 1 aliphatic carbocycles. The van der Waals surface area contributed by atoms with Gasteiger partial charge in [-0.05, 0) is 11.3 Å². The lowest BCUT2D eigenvalue weighted by Crippen LogP contribution is -2.42. The van der Waals surface area contributed by atoms with Crippen molar-refractivity contribution >= 4 is 21.9 Å². The van der Waals surface area contributed by atoms with Crippen molar-refractivity contribution in [3.8, 4) is 0 Å². The average Bonchev–Trinajstić information content (AvgIpc) is 2.49. The van der Waals surface area contributed by atoms with Crippen LogP contribution in [0.15, 0.2) is 0 Å². The molecule has 2 fully saturated rings. The number of fused-ring (bicyclic) bond motifs is 1. The van der Waals surface area contributed by atoms with Crippen molar-refractivity contribution in [3.05, 3.63) is 0 Å². The number of halogens is 2. The molecule has 0 N–H and O–H groups in total. The quantitative estimate of drug-likeness (QED) is 0.487. The second-order valence-electron chi connectivity index (χ2n) is 4.63. The van der Waals surface area contributed by atoms with E-state index in [1.807, 2.05) is 13.8 Å². The van der Waals surface area contributed by atoms with Crippen LogP contribution in [0.4, 0.5) is 4.39 Å². The average molecular weight is 251 g/mol. The number of ether oxygens (including phenoxy) is 1. The molecule has 1 saturated heterocycles. The number of cyclic esters (lactones) is 1. The molecule has 0 amide bonds. The second-order valence-corrected chi connectivity index (χ2v) is 5.62. The lowest BCUT2D eigenvalue weighted by atomic mass is 10.0. The van der Waals surface area contributed by atoms with Crippen molar-refractivity contribution in [2.24, 2.45) is 17.3 Å². The number of hydrogen-bond donors (Lipinski definition) is 0. The molecule has 1 aliphatic heterocycles. The fraction of sp³-hybridized carbons (Fsp3) is 0.889. The van der Waals surface area contributed by atoms with Gasteiger partial charge in [-0.3, -0.25) is 4.79 Å². The van der Waals surface area contributed by atoms with Crippen molar-refractivity contribution in [1.29, 1.82) is 0 Å². The van der Waals surface area contributed by atoms with Crippen LogP contribution in [-0.2, 0) is 9.53 Å². The first-order valence-corrected chi connectivity index (χ1v) is 5.26. The third-order valence-corrected chi connectivity index (χ3v) is 4.66. The van der Waals surface area contributed by atoms with E-state index in [4.69, 9.17) is 4.74 Å². The van der Waals surface area contributed by atoms with E-state index in [1.54, 1.807) is 0 Å². The minimum absolute atomic E-state index is 0.0729. The lowest BCUT2D eigenvalue weighted by Gasteiger charge is -2.29. The van der Waals surface area contributed by atoms with Gasteiger partial charge in [0.15, 0.2) is 0 Å². The van der Waals surface area contributed by atoms with Crippen molar-refractivity contribution in [3.63, 3.8) is 0 Å². The molecule has 2 nitrogen and oxygen atoms in total. The van der Waals surface area contributed by atoms with Gasteiger partial charge in [-0.15, -0.1) is 0 Å². The van der Waals surface area contributed by atoms with E-state index in [0.29, 0.717) is 0 Å². The van der Waals surface area contributed by atoms with Crippen molar-refractivity contribution in [2.45, 2.75) is 31.5 Å². The number of carbonyl (C=O) groups is 1. The molecule has 0 aromatic heterocycles. The molecule has 0 aromatic carbocycles. The van der Waals surface area contributed by atoms with Crippen molar-refractivity contribution in [2.75, 3.05) is 0 Å². The van der Waals surface area contributed by atoms with Gasteiger partial charge in [0.05, 0.1) is 10.7 Å². The first-order chi connectivity index (χ1) is 5.78. The largest absolute Gasteiger partial charge is 0.427 e. The molecule has 1 heterocycles. The molecule has 0 unspecified atom stereocenters. The number of alkyl halides is 2. The molecule has 0 bridgehead atoms. The fourth-order valence-corrected chi connectivity index (χ4v) is 3.39. The Morgan fingerprint density at radius 1 is 1.46 bits per heavy atom. The van der Waals surface area contributed by atoms with Crippen LogP contribution in [-0.4, -0.2) is 16.7 Å². The lowest BCUT2D eigenvalue weighted by molar-refractivity contribution is -0.187. The first-order valence-electron chi connectivity index (χ1n) is 4.34. The molecule has 0 radical (unpaired) electrons. The highest BCUT2D eigenvalue weighted by Gasteiger charge is 2.72. The van der Waals surface area contributed by atoms with Gasteiger partial charge in [-0.1, -0.05) is 29.8 Å². The van der Waals surface area contributed by atoms with Crippen molar-refractivity contribution < 1.29 is 13.9 Å². The van der Waals surface area contributed by atoms with Crippen LogP contribution in [0.25, 0.3) is 0 Å². The third-order valence-electron chi connectivity index (χ3n) is 3.27. The predicted molar refractivity (Wildman–Crippen MR) is 49.1 cm³/mol. The molecular weight excluding hydrogens is 239 g/mol. The summed E-state index contributed by atoms with van der Waals surface area (Å²) in [5, 5.41) is 0. The van der Waals surface area contributed by atoms with Crippen LogP contribution in [0.1, 0.15) is 20.8 Å². The fourth-order valence-electron chi connectivity index (χ4n) is 2.31. The number of esters is 1. The van der Waals surface area contributed by atoms with Crippen LogP contribution in [0.5, 0.6) is 0 Å². The number of carbonyl (C=O) groups excluding carboxylic acids is 1.